The van der Waals surface area contributed by atoms with Gasteiger partial charge in [-0.15, -0.1) is 0 Å². The van der Waals surface area contributed by atoms with Crippen LogP contribution in [-0.2, 0) is 9.59 Å². The molecule has 0 aromatic rings. The van der Waals surface area contributed by atoms with Crippen LogP contribution in [0.3, 0.4) is 0 Å². The van der Waals surface area contributed by atoms with Crippen molar-refractivity contribution in [1.29, 1.82) is 0 Å². The van der Waals surface area contributed by atoms with Crippen LogP contribution in [0.25, 0.3) is 0 Å². The molecular formula is C18H31N3O3. The molecule has 6 heteroatoms. The standard InChI is InChI=1S/C18H31N3O3/c22-15-11-14(12-15)18(13-4-7-19-8-5-13)20-16(23)6-10-21-9-2-1-3-17(21)24/h13-15,18-19,22H,1-12H2,(H,20,23). The first kappa shape index (κ1) is 17.7. The summed E-state index contributed by atoms with van der Waals surface area (Å²) in [5.74, 6) is 1.15. The number of nitrogens with zero attached hydrogens (tertiary/aromatic N) is 1. The quantitative estimate of drug-likeness (QED) is 0.664. The molecule has 3 rings (SSSR count). The van der Waals surface area contributed by atoms with Gasteiger partial charge in [-0.3, -0.25) is 9.59 Å². The Labute approximate surface area is 144 Å². The molecular weight excluding hydrogens is 306 g/mol. The van der Waals surface area contributed by atoms with Crippen LogP contribution in [-0.4, -0.2) is 60.1 Å². The molecule has 3 aliphatic rings. The van der Waals surface area contributed by atoms with Crippen molar-refractivity contribution in [3.8, 4) is 0 Å². The summed E-state index contributed by atoms with van der Waals surface area (Å²) in [6.45, 7) is 3.35. The van der Waals surface area contributed by atoms with Crippen LogP contribution in [0.2, 0.25) is 0 Å². The zero-order valence-corrected chi connectivity index (χ0v) is 14.5. The summed E-state index contributed by atoms with van der Waals surface area (Å²) in [7, 11) is 0. The maximum absolute atomic E-state index is 12.4. The lowest BCUT2D eigenvalue weighted by Gasteiger charge is -2.43. The Balaban J connectivity index is 1.49. The van der Waals surface area contributed by atoms with Gasteiger partial charge in [0, 0.05) is 32.0 Å². The molecule has 2 heterocycles. The van der Waals surface area contributed by atoms with E-state index in [1.165, 1.54) is 0 Å². The predicted octanol–water partition coefficient (Wildman–Crippen LogP) is 0.644. The minimum Gasteiger partial charge on any atom is -0.393 e. The highest BCUT2D eigenvalue weighted by molar-refractivity contribution is 5.79. The third-order valence-corrected chi connectivity index (χ3v) is 5.91. The normalized spacial score (nSPS) is 29.9. The van der Waals surface area contributed by atoms with Gasteiger partial charge in [-0.2, -0.15) is 0 Å². The number of aliphatic hydroxyl groups excluding tert-OH is 1. The highest BCUT2D eigenvalue weighted by Crippen LogP contribution is 2.35. The topological polar surface area (TPSA) is 81.7 Å². The SMILES string of the molecule is O=C(CCN1CCCCC1=O)NC(C1CCNCC1)C1CC(O)C1. The van der Waals surface area contributed by atoms with Gasteiger partial charge in [-0.1, -0.05) is 0 Å². The van der Waals surface area contributed by atoms with Gasteiger partial charge < -0.3 is 20.6 Å². The van der Waals surface area contributed by atoms with Gasteiger partial charge in [0.2, 0.25) is 11.8 Å². The summed E-state index contributed by atoms with van der Waals surface area (Å²) in [4.78, 5) is 26.1. The number of likely N-dealkylation sites (tertiary alicyclic amines) is 1. The van der Waals surface area contributed by atoms with Crippen molar-refractivity contribution in [3.05, 3.63) is 0 Å². The van der Waals surface area contributed by atoms with Crippen molar-refractivity contribution in [2.24, 2.45) is 11.8 Å². The second-order valence-corrected chi connectivity index (χ2v) is 7.65. The van der Waals surface area contributed by atoms with Gasteiger partial charge >= 0.3 is 0 Å². The van der Waals surface area contributed by atoms with Crippen molar-refractivity contribution >= 4 is 11.8 Å². The van der Waals surface area contributed by atoms with E-state index in [9.17, 15) is 14.7 Å². The molecule has 1 atom stereocenters. The number of nitrogens with one attached hydrogen (secondary N) is 2. The van der Waals surface area contributed by atoms with Crippen LogP contribution < -0.4 is 10.6 Å². The van der Waals surface area contributed by atoms with Crippen molar-refractivity contribution in [2.75, 3.05) is 26.2 Å². The zero-order valence-electron chi connectivity index (χ0n) is 14.5. The molecule has 2 aliphatic heterocycles. The fraction of sp³-hybridized carbons (Fsp3) is 0.889. The second-order valence-electron chi connectivity index (χ2n) is 7.65. The Morgan fingerprint density at radius 1 is 1.25 bits per heavy atom. The molecule has 24 heavy (non-hydrogen) atoms. The molecule has 1 saturated carbocycles. The van der Waals surface area contributed by atoms with Crippen LogP contribution in [0.1, 0.15) is 51.4 Å². The molecule has 2 saturated heterocycles. The number of piperidine rings is 2. The number of aliphatic hydroxyl groups is 1. The molecule has 1 unspecified atom stereocenters. The summed E-state index contributed by atoms with van der Waals surface area (Å²) in [5.41, 5.74) is 0. The Morgan fingerprint density at radius 3 is 2.67 bits per heavy atom. The van der Waals surface area contributed by atoms with Crippen molar-refractivity contribution < 1.29 is 14.7 Å². The summed E-state index contributed by atoms with van der Waals surface area (Å²) in [5, 5.41) is 16.3. The van der Waals surface area contributed by atoms with E-state index >= 15 is 0 Å². The smallest absolute Gasteiger partial charge is 0.222 e. The Bertz CT molecular complexity index is 445. The molecule has 0 aromatic carbocycles. The third kappa shape index (κ3) is 4.48. The van der Waals surface area contributed by atoms with E-state index in [0.29, 0.717) is 31.2 Å². The van der Waals surface area contributed by atoms with Crippen molar-refractivity contribution in [1.82, 2.24) is 15.5 Å². The molecule has 1 aliphatic carbocycles. The van der Waals surface area contributed by atoms with Crippen molar-refractivity contribution in [3.63, 3.8) is 0 Å². The molecule has 0 aromatic heterocycles. The number of amides is 2. The van der Waals surface area contributed by atoms with Gasteiger partial charge in [0.15, 0.2) is 0 Å². The molecule has 2 amide bonds. The van der Waals surface area contributed by atoms with E-state index in [4.69, 9.17) is 0 Å². The predicted molar refractivity (Wildman–Crippen MR) is 91.3 cm³/mol. The largest absolute Gasteiger partial charge is 0.393 e. The number of hydrogen-bond donors (Lipinski definition) is 3. The Hall–Kier alpha value is -1.14. The Morgan fingerprint density at radius 2 is 2.00 bits per heavy atom. The van der Waals surface area contributed by atoms with Crippen LogP contribution in [0, 0.1) is 11.8 Å². The van der Waals surface area contributed by atoms with E-state index in [0.717, 1.165) is 58.2 Å². The van der Waals surface area contributed by atoms with Gasteiger partial charge in [0.1, 0.15) is 0 Å². The number of carbonyl (C=O) groups is 2. The zero-order chi connectivity index (χ0) is 16.9. The van der Waals surface area contributed by atoms with Crippen molar-refractivity contribution in [2.45, 2.75) is 63.5 Å². The lowest BCUT2D eigenvalue weighted by Crippen LogP contribution is -2.53. The highest BCUT2D eigenvalue weighted by atomic mass is 16.3. The van der Waals surface area contributed by atoms with E-state index in [1.807, 2.05) is 4.90 Å². The third-order valence-electron chi connectivity index (χ3n) is 5.91. The van der Waals surface area contributed by atoms with Gasteiger partial charge in [-0.25, -0.2) is 0 Å². The first-order chi connectivity index (χ1) is 11.6. The summed E-state index contributed by atoms with van der Waals surface area (Å²) in [6, 6.07) is 0.181. The lowest BCUT2D eigenvalue weighted by atomic mass is 9.71. The number of hydrogen-bond acceptors (Lipinski definition) is 4. The molecule has 6 nitrogen and oxygen atoms in total. The number of carbonyl (C=O) groups excluding carboxylic acids is 2. The first-order valence-corrected chi connectivity index (χ1v) is 9.59. The molecule has 3 N–H and O–H groups in total. The van der Waals surface area contributed by atoms with Gasteiger partial charge in [0.05, 0.1) is 6.10 Å². The van der Waals surface area contributed by atoms with E-state index in [1.54, 1.807) is 0 Å². The maximum Gasteiger partial charge on any atom is 0.222 e. The van der Waals surface area contributed by atoms with E-state index < -0.39 is 0 Å². The summed E-state index contributed by atoms with van der Waals surface area (Å²) < 4.78 is 0. The maximum atomic E-state index is 12.4. The monoisotopic (exact) mass is 337 g/mol. The van der Waals surface area contributed by atoms with E-state index in [2.05, 4.69) is 10.6 Å². The lowest BCUT2D eigenvalue weighted by molar-refractivity contribution is -0.134. The molecule has 3 fully saturated rings. The Kier molecular flexibility index (Phi) is 6.11. The number of rotatable bonds is 6. The molecule has 0 radical (unpaired) electrons. The average molecular weight is 337 g/mol. The van der Waals surface area contributed by atoms with Gasteiger partial charge in [-0.05, 0) is 63.5 Å². The van der Waals surface area contributed by atoms with Crippen LogP contribution in [0.4, 0.5) is 0 Å². The summed E-state index contributed by atoms with van der Waals surface area (Å²) in [6.07, 6.45) is 6.63. The van der Waals surface area contributed by atoms with Crippen LogP contribution in [0.15, 0.2) is 0 Å². The first-order valence-electron chi connectivity index (χ1n) is 9.59. The molecule has 0 bridgehead atoms. The van der Waals surface area contributed by atoms with Crippen LogP contribution in [0.5, 0.6) is 0 Å². The van der Waals surface area contributed by atoms with Gasteiger partial charge in [0.25, 0.3) is 0 Å². The van der Waals surface area contributed by atoms with Crippen LogP contribution >= 0.6 is 0 Å². The minimum absolute atomic E-state index is 0.0540. The van der Waals surface area contributed by atoms with E-state index in [-0.39, 0.29) is 24.0 Å². The average Bonchev–Trinajstić information content (AvgIpc) is 2.57. The second kappa shape index (κ2) is 8.30. The summed E-state index contributed by atoms with van der Waals surface area (Å²) >= 11 is 0. The minimum atomic E-state index is -0.193. The molecule has 136 valence electrons. The fourth-order valence-electron chi connectivity index (χ4n) is 4.34. The fourth-order valence-corrected chi connectivity index (χ4v) is 4.34. The highest BCUT2D eigenvalue weighted by Gasteiger charge is 2.39. The molecule has 0 spiro atoms.